The lowest BCUT2D eigenvalue weighted by Gasteiger charge is -2.29. The lowest BCUT2D eigenvalue weighted by molar-refractivity contribution is 0.123. The molecule has 3 heterocycles. The third-order valence-corrected chi connectivity index (χ3v) is 8.53. The number of hydrogen-bond donors (Lipinski definition) is 7. The van der Waals surface area contributed by atoms with Crippen LogP contribution < -0.4 is 49.5 Å². The lowest BCUT2D eigenvalue weighted by atomic mass is 10.4. The SMILES string of the molecule is CO[Si](CCCN(CCN(CCNc1nc(N)nc(N)n1)c1nc(N)nc(N)n1)c1nc(N)nc(N)n1)(OC)OC. The van der Waals surface area contributed by atoms with E-state index in [0.717, 1.165) is 0 Å². The molecule has 0 amide bonds. The van der Waals surface area contributed by atoms with E-state index < -0.39 is 8.80 Å². The molecule has 0 bridgehead atoms. The van der Waals surface area contributed by atoms with Gasteiger partial charge in [-0.1, -0.05) is 0 Å². The molecule has 0 aliphatic carbocycles. The zero-order valence-corrected chi connectivity index (χ0v) is 24.1. The normalized spacial score (nSPS) is 11.4. The zero-order valence-electron chi connectivity index (χ0n) is 23.1. The van der Waals surface area contributed by atoms with Gasteiger partial charge in [0.2, 0.25) is 53.5 Å². The third-order valence-electron chi connectivity index (χ3n) is 5.70. The Morgan fingerprint density at radius 2 is 0.951 bits per heavy atom. The van der Waals surface area contributed by atoms with E-state index in [1.807, 2.05) is 9.80 Å². The molecule has 22 heteroatoms. The van der Waals surface area contributed by atoms with Gasteiger partial charge in [-0.25, -0.2) is 0 Å². The zero-order chi connectivity index (χ0) is 30.0. The van der Waals surface area contributed by atoms with Crippen LogP contribution >= 0.6 is 0 Å². The molecule has 0 spiro atoms. The largest absolute Gasteiger partial charge is 0.500 e. The molecule has 0 aromatic carbocycles. The van der Waals surface area contributed by atoms with Crippen molar-refractivity contribution in [2.24, 2.45) is 0 Å². The smallest absolute Gasteiger partial charge is 0.377 e. The summed E-state index contributed by atoms with van der Waals surface area (Å²) >= 11 is 0. The quantitative estimate of drug-likeness (QED) is 0.0839. The van der Waals surface area contributed by atoms with Gasteiger partial charge >= 0.3 is 8.80 Å². The maximum Gasteiger partial charge on any atom is 0.500 e. The molecule has 224 valence electrons. The topological polar surface area (TPSA) is 318 Å². The lowest BCUT2D eigenvalue weighted by Crippen LogP contribution is -2.44. The fourth-order valence-electron chi connectivity index (χ4n) is 3.78. The molecule has 0 fully saturated rings. The van der Waals surface area contributed by atoms with E-state index in [0.29, 0.717) is 51.1 Å². The second-order valence-electron chi connectivity index (χ2n) is 8.38. The number of nitrogens with zero attached hydrogens (tertiary/aromatic N) is 11. The van der Waals surface area contributed by atoms with Crippen LogP contribution in [0.4, 0.5) is 53.5 Å². The van der Waals surface area contributed by atoms with Crippen molar-refractivity contribution in [1.82, 2.24) is 44.9 Å². The Kier molecular flexibility index (Phi) is 10.6. The Balaban J connectivity index is 1.80. The Labute approximate surface area is 236 Å². The number of anilines is 9. The van der Waals surface area contributed by atoms with E-state index in [9.17, 15) is 0 Å². The van der Waals surface area contributed by atoms with E-state index in [2.05, 4.69) is 50.2 Å². The second kappa shape index (κ2) is 14.1. The molecule has 13 N–H and O–H groups in total. The van der Waals surface area contributed by atoms with E-state index in [-0.39, 0.29) is 47.6 Å². The summed E-state index contributed by atoms with van der Waals surface area (Å²) in [6, 6.07) is 0.537. The van der Waals surface area contributed by atoms with E-state index in [1.165, 1.54) is 0 Å². The first-order valence-corrected chi connectivity index (χ1v) is 14.2. The minimum absolute atomic E-state index is 0.0103. The summed E-state index contributed by atoms with van der Waals surface area (Å²) in [7, 11) is 1.86. The van der Waals surface area contributed by atoms with Crippen LogP contribution in [-0.4, -0.2) is 108 Å². The van der Waals surface area contributed by atoms with Gasteiger partial charge in [-0.15, -0.1) is 0 Å². The fourth-order valence-corrected chi connectivity index (χ4v) is 5.48. The van der Waals surface area contributed by atoms with Crippen molar-refractivity contribution in [3.05, 3.63) is 0 Å². The predicted molar refractivity (Wildman–Crippen MR) is 155 cm³/mol. The Bertz CT molecular complexity index is 1210. The molecule has 0 atom stereocenters. The molecule has 3 rings (SSSR count). The summed E-state index contributed by atoms with van der Waals surface area (Å²) < 4.78 is 16.6. The molecular weight excluding hydrogens is 556 g/mol. The van der Waals surface area contributed by atoms with Gasteiger partial charge in [0.25, 0.3) is 0 Å². The van der Waals surface area contributed by atoms with Crippen LogP contribution in [0.25, 0.3) is 0 Å². The summed E-state index contributed by atoms with van der Waals surface area (Å²) in [6.07, 6.45) is 0.614. The van der Waals surface area contributed by atoms with Gasteiger partial charge in [-0.2, -0.15) is 44.9 Å². The number of aromatic nitrogens is 9. The summed E-state index contributed by atoms with van der Waals surface area (Å²) in [5.74, 6) is 0.654. The molecule has 0 saturated heterocycles. The van der Waals surface area contributed by atoms with Gasteiger partial charge in [0.1, 0.15) is 0 Å². The fraction of sp³-hybridized carbons (Fsp3) is 0.526. The van der Waals surface area contributed by atoms with Crippen molar-refractivity contribution in [2.45, 2.75) is 12.5 Å². The van der Waals surface area contributed by atoms with Gasteiger partial charge < -0.3 is 62.8 Å². The minimum atomic E-state index is -2.81. The van der Waals surface area contributed by atoms with Crippen LogP contribution in [-0.2, 0) is 13.3 Å². The first kappa shape index (κ1) is 30.9. The summed E-state index contributed by atoms with van der Waals surface area (Å²) in [5.41, 5.74) is 34.7. The maximum atomic E-state index is 5.85. The highest BCUT2D eigenvalue weighted by molar-refractivity contribution is 6.60. The highest BCUT2D eigenvalue weighted by Gasteiger charge is 2.37. The molecule has 0 aliphatic rings. The predicted octanol–water partition coefficient (Wildman–Crippen LogP) is -2.57. The number of nitrogens with one attached hydrogen (secondary N) is 1. The molecule has 0 aliphatic heterocycles. The van der Waals surface area contributed by atoms with E-state index in [4.69, 9.17) is 47.7 Å². The highest BCUT2D eigenvalue weighted by atomic mass is 28.4. The summed E-state index contributed by atoms with van der Waals surface area (Å²) in [4.78, 5) is 40.3. The molecule has 0 saturated carbocycles. The van der Waals surface area contributed by atoms with Gasteiger partial charge in [-0.05, 0) is 6.42 Å². The number of nitrogen functional groups attached to an aromatic ring is 6. The molecule has 3 aromatic heterocycles. The molecule has 0 unspecified atom stereocenters. The van der Waals surface area contributed by atoms with E-state index in [1.54, 1.807) is 21.3 Å². The average Bonchev–Trinajstić information content (AvgIpc) is 2.90. The monoisotopic (exact) mass is 592 g/mol. The van der Waals surface area contributed by atoms with Crippen molar-refractivity contribution in [1.29, 1.82) is 0 Å². The van der Waals surface area contributed by atoms with Crippen molar-refractivity contribution in [3.63, 3.8) is 0 Å². The van der Waals surface area contributed by atoms with Crippen molar-refractivity contribution < 1.29 is 13.3 Å². The highest BCUT2D eigenvalue weighted by Crippen LogP contribution is 2.18. The minimum Gasteiger partial charge on any atom is -0.377 e. The first-order chi connectivity index (χ1) is 19.6. The maximum absolute atomic E-state index is 5.85. The summed E-state index contributed by atoms with van der Waals surface area (Å²) in [6.45, 7) is 1.91. The van der Waals surface area contributed by atoms with Crippen LogP contribution in [0.5, 0.6) is 0 Å². The number of hydrogen-bond acceptors (Lipinski definition) is 21. The van der Waals surface area contributed by atoms with Gasteiger partial charge in [-0.3, -0.25) is 0 Å². The Hall–Kier alpha value is -4.67. The van der Waals surface area contributed by atoms with Crippen LogP contribution in [0.3, 0.4) is 0 Å². The standard InChI is InChI=1S/C19H36N18O3Si/c1-38-41(39-2,40-3)10-4-6-36(18-32-13(22)28-14(23)33-18)8-9-37(19-34-15(24)29-16(25)35-19)7-5-26-17-30-11(20)27-12(21)31-17/h4-10H2,1-3H3,(H4,22,23,28,32,33)(H4,24,25,29,34,35)(H5,20,21,26,27,30,31). The summed E-state index contributed by atoms with van der Waals surface area (Å²) in [5, 5.41) is 3.05. The van der Waals surface area contributed by atoms with Crippen LogP contribution in [0.15, 0.2) is 0 Å². The van der Waals surface area contributed by atoms with Crippen LogP contribution in [0.1, 0.15) is 6.42 Å². The Morgan fingerprint density at radius 1 is 0.561 bits per heavy atom. The first-order valence-electron chi connectivity index (χ1n) is 12.3. The Morgan fingerprint density at radius 3 is 1.37 bits per heavy atom. The van der Waals surface area contributed by atoms with Crippen molar-refractivity contribution >= 4 is 62.3 Å². The second-order valence-corrected chi connectivity index (χ2v) is 11.5. The molecule has 0 radical (unpaired) electrons. The van der Waals surface area contributed by atoms with Gasteiger partial charge in [0.15, 0.2) is 0 Å². The molecule has 41 heavy (non-hydrogen) atoms. The van der Waals surface area contributed by atoms with Crippen LogP contribution in [0.2, 0.25) is 6.04 Å². The number of rotatable bonds is 16. The van der Waals surface area contributed by atoms with Crippen LogP contribution in [0, 0.1) is 0 Å². The van der Waals surface area contributed by atoms with E-state index >= 15 is 0 Å². The average molecular weight is 593 g/mol. The van der Waals surface area contributed by atoms with Crippen molar-refractivity contribution in [3.8, 4) is 0 Å². The third kappa shape index (κ3) is 8.92. The van der Waals surface area contributed by atoms with Crippen molar-refractivity contribution in [2.75, 3.05) is 104 Å². The molecule has 3 aromatic rings. The van der Waals surface area contributed by atoms with Gasteiger partial charge in [0, 0.05) is 60.1 Å². The molecule has 21 nitrogen and oxygen atoms in total. The van der Waals surface area contributed by atoms with Gasteiger partial charge in [0.05, 0.1) is 0 Å². The number of nitrogens with two attached hydrogens (primary N) is 6. The molecular formula is C19H36N18O3Si.